The van der Waals surface area contributed by atoms with E-state index in [4.69, 9.17) is 4.74 Å². The largest absolute Gasteiger partial charge is 0.368 e. The molecule has 2 aromatic heterocycles. The van der Waals surface area contributed by atoms with Crippen LogP contribution in [0.2, 0.25) is 0 Å². The van der Waals surface area contributed by atoms with Crippen LogP contribution < -0.4 is 0 Å². The van der Waals surface area contributed by atoms with Crippen molar-refractivity contribution in [3.63, 3.8) is 0 Å². The van der Waals surface area contributed by atoms with Crippen molar-refractivity contribution in [2.75, 3.05) is 6.61 Å². The summed E-state index contributed by atoms with van der Waals surface area (Å²) in [5.74, 6) is 0.0559. The molecule has 1 saturated heterocycles. The molecule has 1 aliphatic rings. The van der Waals surface area contributed by atoms with Gasteiger partial charge in [-0.1, -0.05) is 0 Å². The van der Waals surface area contributed by atoms with E-state index in [1.54, 1.807) is 17.5 Å². The number of hydrogen-bond acceptors (Lipinski definition) is 5. The number of aromatic nitrogens is 3. The highest BCUT2D eigenvalue weighted by atomic mass is 32.1. The molecule has 1 amide bonds. The summed E-state index contributed by atoms with van der Waals surface area (Å²) in [7, 11) is 1.93. The normalized spacial score (nSPS) is 17.6. The summed E-state index contributed by atoms with van der Waals surface area (Å²) in [6.45, 7) is 5.76. The van der Waals surface area contributed by atoms with Crippen LogP contribution in [0, 0.1) is 13.8 Å². The molecule has 6 nitrogen and oxygen atoms in total. The number of carbonyl (C=O) groups excluding carboxylic acids is 1. The van der Waals surface area contributed by atoms with Gasteiger partial charge in [0.15, 0.2) is 0 Å². The smallest absolute Gasteiger partial charge is 0.252 e. The van der Waals surface area contributed by atoms with Crippen molar-refractivity contribution in [2.45, 2.75) is 45.9 Å². The molecule has 0 radical (unpaired) electrons. The van der Waals surface area contributed by atoms with E-state index in [-0.39, 0.29) is 12.0 Å². The number of rotatable bonds is 5. The first-order chi connectivity index (χ1) is 11.1. The maximum Gasteiger partial charge on any atom is 0.252 e. The first-order valence-electron chi connectivity index (χ1n) is 7.84. The molecule has 7 heteroatoms. The Morgan fingerprint density at radius 3 is 2.87 bits per heavy atom. The summed E-state index contributed by atoms with van der Waals surface area (Å²) in [5.41, 5.74) is 3.16. The molecule has 1 atom stereocenters. The Labute approximate surface area is 140 Å². The van der Waals surface area contributed by atoms with Gasteiger partial charge in [0.05, 0.1) is 12.2 Å². The summed E-state index contributed by atoms with van der Waals surface area (Å²) in [5, 5.41) is 7.33. The zero-order chi connectivity index (χ0) is 16.4. The average molecular weight is 334 g/mol. The van der Waals surface area contributed by atoms with Crippen LogP contribution in [-0.2, 0) is 29.7 Å². The summed E-state index contributed by atoms with van der Waals surface area (Å²) in [6.07, 6.45) is 3.21. The van der Waals surface area contributed by atoms with E-state index in [1.165, 1.54) is 0 Å². The number of hydrogen-bond donors (Lipinski definition) is 0. The zero-order valence-corrected chi connectivity index (χ0v) is 14.6. The third-order valence-corrected chi connectivity index (χ3v) is 5.10. The summed E-state index contributed by atoms with van der Waals surface area (Å²) in [4.78, 5) is 19.0. The minimum Gasteiger partial charge on any atom is -0.368 e. The molecule has 124 valence electrons. The number of nitrogens with zero attached hydrogens (tertiary/aromatic N) is 4. The predicted octanol–water partition coefficient (Wildman–Crippen LogP) is 2.20. The molecular formula is C16H22N4O2S. The molecule has 0 bridgehead atoms. The summed E-state index contributed by atoms with van der Waals surface area (Å²) >= 11 is 1.57. The molecule has 2 aromatic rings. The second-order valence-electron chi connectivity index (χ2n) is 5.89. The Hall–Kier alpha value is -1.73. The van der Waals surface area contributed by atoms with Crippen LogP contribution in [0.1, 0.15) is 34.8 Å². The van der Waals surface area contributed by atoms with Crippen LogP contribution in [0.3, 0.4) is 0 Å². The van der Waals surface area contributed by atoms with E-state index in [2.05, 4.69) is 10.1 Å². The Morgan fingerprint density at radius 1 is 1.48 bits per heavy atom. The molecule has 0 saturated carbocycles. The lowest BCUT2D eigenvalue weighted by Crippen LogP contribution is -2.38. The Bertz CT molecular complexity index is 675. The van der Waals surface area contributed by atoms with Crippen molar-refractivity contribution >= 4 is 17.2 Å². The van der Waals surface area contributed by atoms with Crippen molar-refractivity contribution in [1.82, 2.24) is 19.7 Å². The molecule has 23 heavy (non-hydrogen) atoms. The van der Waals surface area contributed by atoms with Crippen molar-refractivity contribution in [2.24, 2.45) is 7.05 Å². The van der Waals surface area contributed by atoms with Gasteiger partial charge in [-0.15, -0.1) is 11.3 Å². The van der Waals surface area contributed by atoms with Gasteiger partial charge in [-0.05, 0) is 26.7 Å². The van der Waals surface area contributed by atoms with Crippen molar-refractivity contribution < 1.29 is 9.53 Å². The van der Waals surface area contributed by atoms with Crippen molar-refractivity contribution in [3.05, 3.63) is 33.5 Å². The highest BCUT2D eigenvalue weighted by Gasteiger charge is 2.29. The fourth-order valence-corrected chi connectivity index (χ4v) is 3.55. The van der Waals surface area contributed by atoms with Crippen LogP contribution in [0.5, 0.6) is 0 Å². The quantitative estimate of drug-likeness (QED) is 0.841. The maximum atomic E-state index is 12.9. The fourth-order valence-electron chi connectivity index (χ4n) is 2.92. The molecule has 0 aromatic carbocycles. The topological polar surface area (TPSA) is 60.2 Å². The second-order valence-corrected chi connectivity index (χ2v) is 6.87. The number of ether oxygens (including phenoxy) is 1. The van der Waals surface area contributed by atoms with E-state index in [1.807, 2.05) is 35.9 Å². The summed E-state index contributed by atoms with van der Waals surface area (Å²) < 4.78 is 7.45. The number of thiazole rings is 1. The Balaban J connectivity index is 1.83. The Morgan fingerprint density at radius 2 is 2.30 bits per heavy atom. The van der Waals surface area contributed by atoms with Crippen LogP contribution >= 0.6 is 11.3 Å². The van der Waals surface area contributed by atoms with E-state index in [0.717, 1.165) is 34.8 Å². The fraction of sp³-hybridized carbons (Fsp3) is 0.562. The third-order valence-electron chi connectivity index (χ3n) is 4.33. The number of carbonyl (C=O) groups is 1. The van der Waals surface area contributed by atoms with Crippen molar-refractivity contribution in [3.8, 4) is 0 Å². The molecule has 3 heterocycles. The van der Waals surface area contributed by atoms with Crippen molar-refractivity contribution in [1.29, 1.82) is 0 Å². The second kappa shape index (κ2) is 6.80. The molecular weight excluding hydrogens is 312 g/mol. The van der Waals surface area contributed by atoms with Crippen LogP contribution in [0.4, 0.5) is 0 Å². The average Bonchev–Trinajstić information content (AvgIpc) is 3.25. The zero-order valence-electron chi connectivity index (χ0n) is 13.8. The standard InChI is InChI=1S/C16H22N4O2S/c1-11-13(12(2)19(3)18-11)9-20(10-15-17-6-8-23-15)16(21)14-5-4-7-22-14/h6,8,14H,4-5,7,9-10H2,1-3H3/t14-/m1/s1. The molecule has 0 spiro atoms. The first-order valence-corrected chi connectivity index (χ1v) is 8.72. The van der Waals surface area contributed by atoms with Crippen LogP contribution in [0.25, 0.3) is 0 Å². The lowest BCUT2D eigenvalue weighted by Gasteiger charge is -2.24. The third kappa shape index (κ3) is 3.45. The molecule has 0 N–H and O–H groups in total. The van der Waals surface area contributed by atoms with Gasteiger partial charge in [-0.3, -0.25) is 9.48 Å². The lowest BCUT2D eigenvalue weighted by atomic mass is 10.1. The van der Waals surface area contributed by atoms with Gasteiger partial charge in [-0.2, -0.15) is 5.10 Å². The predicted molar refractivity (Wildman–Crippen MR) is 88.0 cm³/mol. The minimum absolute atomic E-state index is 0.0559. The van der Waals surface area contributed by atoms with Gasteiger partial charge in [0.1, 0.15) is 11.1 Å². The van der Waals surface area contributed by atoms with Crippen LogP contribution in [-0.4, -0.2) is 38.3 Å². The van der Waals surface area contributed by atoms with Gasteiger partial charge >= 0.3 is 0 Å². The van der Waals surface area contributed by atoms with E-state index >= 15 is 0 Å². The lowest BCUT2D eigenvalue weighted by molar-refractivity contribution is -0.142. The molecule has 0 aliphatic carbocycles. The highest BCUT2D eigenvalue weighted by molar-refractivity contribution is 7.09. The van der Waals surface area contributed by atoms with E-state index < -0.39 is 0 Å². The van der Waals surface area contributed by atoms with E-state index in [9.17, 15) is 4.79 Å². The summed E-state index contributed by atoms with van der Waals surface area (Å²) in [6, 6.07) is 0. The molecule has 3 rings (SSSR count). The van der Waals surface area contributed by atoms with Gasteiger partial charge in [0.2, 0.25) is 0 Å². The monoisotopic (exact) mass is 334 g/mol. The van der Waals surface area contributed by atoms with Crippen LogP contribution in [0.15, 0.2) is 11.6 Å². The SMILES string of the molecule is Cc1nn(C)c(C)c1CN(Cc1nccs1)C(=O)[C@H]1CCCO1. The Kier molecular flexibility index (Phi) is 4.77. The molecule has 1 fully saturated rings. The highest BCUT2D eigenvalue weighted by Crippen LogP contribution is 2.21. The van der Waals surface area contributed by atoms with Gasteiger partial charge in [0, 0.05) is 43.0 Å². The minimum atomic E-state index is -0.313. The van der Waals surface area contributed by atoms with Gasteiger partial charge in [0.25, 0.3) is 5.91 Å². The molecule has 0 unspecified atom stereocenters. The maximum absolute atomic E-state index is 12.9. The number of aryl methyl sites for hydroxylation is 2. The van der Waals surface area contributed by atoms with Gasteiger partial charge < -0.3 is 9.64 Å². The van der Waals surface area contributed by atoms with Gasteiger partial charge in [-0.25, -0.2) is 4.98 Å². The molecule has 1 aliphatic heterocycles. The first kappa shape index (κ1) is 16.1. The van der Waals surface area contributed by atoms with E-state index in [0.29, 0.717) is 19.7 Å². The number of amides is 1.